The van der Waals surface area contributed by atoms with Crippen molar-refractivity contribution >= 4 is 5.91 Å². The first-order valence-corrected chi connectivity index (χ1v) is 8.17. The molecule has 126 valence electrons. The monoisotopic (exact) mass is 320 g/mol. The first kappa shape index (κ1) is 16.4. The third-order valence-electron chi connectivity index (χ3n) is 5.01. The molecule has 6 nitrogen and oxygen atoms in total. The van der Waals surface area contributed by atoms with Crippen LogP contribution in [0.2, 0.25) is 0 Å². The molecule has 1 aromatic carbocycles. The molecule has 1 heterocycles. The lowest BCUT2D eigenvalue weighted by molar-refractivity contribution is -0.125. The second-order valence-electron chi connectivity index (χ2n) is 6.50. The first-order valence-electron chi connectivity index (χ1n) is 8.17. The lowest BCUT2D eigenvalue weighted by Crippen LogP contribution is -2.46. The highest BCUT2D eigenvalue weighted by Gasteiger charge is 2.40. The Morgan fingerprint density at radius 3 is 2.57 bits per heavy atom. The Kier molecular flexibility index (Phi) is 4.96. The summed E-state index contributed by atoms with van der Waals surface area (Å²) in [4.78, 5) is 12.4. The molecule has 0 bridgehead atoms. The molecule has 1 aliphatic carbocycles. The standard InChI is InChI=1S/C17H24N2O4/c20-9-14-16(22)15(21)13(19-14)8-18-17(23)12-6-5-10-3-1-2-4-11(10)7-12/h1-4,12-16,19-22H,5-9H2,(H,18,23)/t12?,13-,14-,15-,16+/m1/s1. The molecule has 5 N–H and O–H groups in total. The van der Waals surface area contributed by atoms with Gasteiger partial charge >= 0.3 is 0 Å². The number of carbonyl (C=O) groups excluding carboxylic acids is 1. The minimum absolute atomic E-state index is 0.0181. The summed E-state index contributed by atoms with van der Waals surface area (Å²) in [7, 11) is 0. The summed E-state index contributed by atoms with van der Waals surface area (Å²) in [6.07, 6.45) is 0.475. The minimum atomic E-state index is -1.01. The lowest BCUT2D eigenvalue weighted by atomic mass is 9.83. The van der Waals surface area contributed by atoms with Crippen LogP contribution in [-0.4, -0.2) is 58.7 Å². The number of fused-ring (bicyclic) bond motifs is 1. The van der Waals surface area contributed by atoms with Crippen LogP contribution in [0.5, 0.6) is 0 Å². The number of aliphatic hydroxyl groups excluding tert-OH is 3. The molecule has 0 spiro atoms. The third-order valence-corrected chi connectivity index (χ3v) is 5.01. The summed E-state index contributed by atoms with van der Waals surface area (Å²) < 4.78 is 0. The van der Waals surface area contributed by atoms with Crippen LogP contribution in [-0.2, 0) is 17.6 Å². The van der Waals surface area contributed by atoms with Crippen molar-refractivity contribution in [1.82, 2.24) is 10.6 Å². The number of carbonyl (C=O) groups is 1. The molecule has 1 amide bonds. The number of benzene rings is 1. The normalized spacial score (nSPS) is 33.3. The van der Waals surface area contributed by atoms with Crippen molar-refractivity contribution in [3.05, 3.63) is 35.4 Å². The van der Waals surface area contributed by atoms with E-state index in [0.29, 0.717) is 0 Å². The molecule has 6 heteroatoms. The number of amides is 1. The molecule has 5 atom stereocenters. The second kappa shape index (κ2) is 6.97. The van der Waals surface area contributed by atoms with Crippen molar-refractivity contribution in [2.75, 3.05) is 13.2 Å². The van der Waals surface area contributed by atoms with E-state index in [0.717, 1.165) is 19.3 Å². The average Bonchev–Trinajstić information content (AvgIpc) is 2.87. The zero-order chi connectivity index (χ0) is 16.4. The van der Waals surface area contributed by atoms with E-state index in [-0.39, 0.29) is 25.0 Å². The summed E-state index contributed by atoms with van der Waals surface area (Å²) in [6.45, 7) is -0.00616. The predicted molar refractivity (Wildman–Crippen MR) is 84.8 cm³/mol. The Hall–Kier alpha value is -1.47. The number of hydrogen-bond acceptors (Lipinski definition) is 5. The van der Waals surface area contributed by atoms with Crippen LogP contribution in [0.15, 0.2) is 24.3 Å². The second-order valence-corrected chi connectivity index (χ2v) is 6.50. The van der Waals surface area contributed by atoms with Gasteiger partial charge in [0, 0.05) is 12.5 Å². The topological polar surface area (TPSA) is 102 Å². The molecule has 1 saturated heterocycles. The molecule has 0 radical (unpaired) electrons. The Morgan fingerprint density at radius 2 is 1.87 bits per heavy atom. The zero-order valence-electron chi connectivity index (χ0n) is 13.0. The van der Waals surface area contributed by atoms with Gasteiger partial charge in [-0.05, 0) is 30.4 Å². The van der Waals surface area contributed by atoms with E-state index < -0.39 is 24.3 Å². The van der Waals surface area contributed by atoms with Gasteiger partial charge in [0.05, 0.1) is 30.9 Å². The molecule has 1 unspecified atom stereocenters. The van der Waals surface area contributed by atoms with E-state index in [9.17, 15) is 15.0 Å². The highest BCUT2D eigenvalue weighted by atomic mass is 16.3. The minimum Gasteiger partial charge on any atom is -0.395 e. The Balaban J connectivity index is 1.53. The third kappa shape index (κ3) is 3.40. The van der Waals surface area contributed by atoms with E-state index in [1.54, 1.807) is 0 Å². The van der Waals surface area contributed by atoms with Gasteiger partial charge in [-0.1, -0.05) is 24.3 Å². The number of nitrogens with one attached hydrogen (secondary N) is 2. The molecule has 0 saturated carbocycles. The van der Waals surface area contributed by atoms with Gasteiger partial charge in [0.1, 0.15) is 0 Å². The molecular weight excluding hydrogens is 296 g/mol. The van der Waals surface area contributed by atoms with Crippen molar-refractivity contribution in [3.8, 4) is 0 Å². The Morgan fingerprint density at radius 1 is 1.17 bits per heavy atom. The molecule has 0 aromatic heterocycles. The SMILES string of the molecule is O=C(NC[C@H]1N[C@H](CO)[C@H](O)[C@@H]1O)C1CCc2ccccc2C1. The van der Waals surface area contributed by atoms with Crippen molar-refractivity contribution in [3.63, 3.8) is 0 Å². The van der Waals surface area contributed by atoms with Crippen molar-refractivity contribution < 1.29 is 20.1 Å². The summed E-state index contributed by atoms with van der Waals surface area (Å²) in [6, 6.07) is 7.21. The highest BCUT2D eigenvalue weighted by Crippen LogP contribution is 2.25. The van der Waals surface area contributed by atoms with Crippen LogP contribution >= 0.6 is 0 Å². The molecule has 1 aromatic rings. The summed E-state index contributed by atoms with van der Waals surface area (Å²) >= 11 is 0. The van der Waals surface area contributed by atoms with Gasteiger partial charge in [0.2, 0.25) is 5.91 Å². The molecule has 2 aliphatic rings. The first-order chi connectivity index (χ1) is 11.1. The maximum Gasteiger partial charge on any atom is 0.223 e. The molecular formula is C17H24N2O4. The van der Waals surface area contributed by atoms with Crippen LogP contribution in [0.3, 0.4) is 0 Å². The lowest BCUT2D eigenvalue weighted by Gasteiger charge is -2.25. The van der Waals surface area contributed by atoms with Gasteiger partial charge in [-0.3, -0.25) is 4.79 Å². The molecule has 1 aliphatic heterocycles. The summed E-state index contributed by atoms with van der Waals surface area (Å²) in [5, 5.41) is 34.6. The zero-order valence-corrected chi connectivity index (χ0v) is 13.0. The van der Waals surface area contributed by atoms with Gasteiger partial charge < -0.3 is 26.0 Å². The van der Waals surface area contributed by atoms with Crippen LogP contribution in [0.4, 0.5) is 0 Å². The van der Waals surface area contributed by atoms with E-state index >= 15 is 0 Å². The maximum absolute atomic E-state index is 12.4. The molecule has 3 rings (SSSR count). The van der Waals surface area contributed by atoms with E-state index in [1.165, 1.54) is 11.1 Å². The maximum atomic E-state index is 12.4. The Bertz CT molecular complexity index is 565. The van der Waals surface area contributed by atoms with Crippen LogP contribution in [0, 0.1) is 5.92 Å². The number of aryl methyl sites for hydroxylation is 1. The summed E-state index contributed by atoms with van der Waals surface area (Å²) in [5.41, 5.74) is 2.55. The number of hydrogen-bond donors (Lipinski definition) is 5. The van der Waals surface area contributed by atoms with E-state index in [4.69, 9.17) is 5.11 Å². The molecule has 1 fully saturated rings. The van der Waals surface area contributed by atoms with Crippen molar-refractivity contribution in [2.45, 2.75) is 43.6 Å². The van der Waals surface area contributed by atoms with Gasteiger partial charge in [-0.25, -0.2) is 0 Å². The van der Waals surface area contributed by atoms with Gasteiger partial charge in [-0.15, -0.1) is 0 Å². The highest BCUT2D eigenvalue weighted by molar-refractivity contribution is 5.79. The Labute approximate surface area is 135 Å². The van der Waals surface area contributed by atoms with Gasteiger partial charge in [0.25, 0.3) is 0 Å². The van der Waals surface area contributed by atoms with Crippen LogP contribution in [0.1, 0.15) is 17.5 Å². The quantitative estimate of drug-likeness (QED) is 0.488. The fourth-order valence-electron chi connectivity index (χ4n) is 3.57. The molecule has 23 heavy (non-hydrogen) atoms. The van der Waals surface area contributed by atoms with Crippen molar-refractivity contribution in [1.29, 1.82) is 0 Å². The van der Waals surface area contributed by atoms with Gasteiger partial charge in [-0.2, -0.15) is 0 Å². The number of rotatable bonds is 4. The van der Waals surface area contributed by atoms with Crippen LogP contribution in [0.25, 0.3) is 0 Å². The van der Waals surface area contributed by atoms with Crippen LogP contribution < -0.4 is 10.6 Å². The smallest absolute Gasteiger partial charge is 0.223 e. The van der Waals surface area contributed by atoms with E-state index in [1.807, 2.05) is 12.1 Å². The summed E-state index contributed by atoms with van der Waals surface area (Å²) in [5.74, 6) is -0.0718. The van der Waals surface area contributed by atoms with E-state index in [2.05, 4.69) is 22.8 Å². The van der Waals surface area contributed by atoms with Crippen molar-refractivity contribution in [2.24, 2.45) is 5.92 Å². The van der Waals surface area contributed by atoms with Gasteiger partial charge in [0.15, 0.2) is 0 Å². The fraction of sp³-hybridized carbons (Fsp3) is 0.588. The average molecular weight is 320 g/mol. The predicted octanol–water partition coefficient (Wildman–Crippen LogP) is -1.04. The number of aliphatic hydroxyl groups is 3. The largest absolute Gasteiger partial charge is 0.395 e. The fourth-order valence-corrected chi connectivity index (χ4v) is 3.57.